The molecule has 1 amide bonds. The normalized spacial score (nSPS) is 11.5. The monoisotopic (exact) mass is 449 g/mol. The van der Waals surface area contributed by atoms with Crippen LogP contribution in [-0.2, 0) is 22.6 Å². The molecule has 0 aliphatic carbocycles. The number of methoxy groups -OCH3 is 1. The number of esters is 1. The summed E-state index contributed by atoms with van der Waals surface area (Å²) in [4.78, 5) is 23.9. The van der Waals surface area contributed by atoms with E-state index in [2.05, 4.69) is 5.32 Å². The number of nitrogens with one attached hydrogen (secondary N) is 1. The van der Waals surface area contributed by atoms with E-state index in [1.165, 1.54) is 14.0 Å². The average molecular weight is 450 g/mol. The number of carbonyl (C=O) groups excluding carboxylic acids is 2. The Balaban J connectivity index is 1.93. The van der Waals surface area contributed by atoms with Crippen LogP contribution in [0.15, 0.2) is 66.7 Å². The van der Waals surface area contributed by atoms with Crippen molar-refractivity contribution in [2.24, 2.45) is 5.73 Å². The van der Waals surface area contributed by atoms with Gasteiger partial charge < -0.3 is 31.0 Å². The molecule has 0 fully saturated rings. The maximum atomic E-state index is 12.1. The smallest absolute Gasteiger partial charge is 0.308 e. The molecule has 1 atom stereocenters. The fraction of sp³-hybridized carbons (Fsp3) is 0.200. The minimum absolute atomic E-state index is 0.150. The molecule has 0 aliphatic heterocycles. The number of ether oxygens (including phenoxy) is 3. The van der Waals surface area contributed by atoms with Gasteiger partial charge in [-0.15, -0.1) is 0 Å². The Labute approximate surface area is 192 Å². The van der Waals surface area contributed by atoms with Gasteiger partial charge >= 0.3 is 5.97 Å². The second-order valence-corrected chi connectivity index (χ2v) is 7.39. The zero-order valence-electron chi connectivity index (χ0n) is 18.5. The molecule has 0 saturated heterocycles. The number of nitrogen functional groups attached to an aromatic ring is 1. The van der Waals surface area contributed by atoms with Gasteiger partial charge in [0.25, 0.3) is 0 Å². The number of primary amides is 1. The van der Waals surface area contributed by atoms with E-state index in [9.17, 15) is 9.59 Å². The molecule has 3 aromatic rings. The van der Waals surface area contributed by atoms with Crippen LogP contribution in [0.1, 0.15) is 18.1 Å². The molecule has 0 aliphatic rings. The van der Waals surface area contributed by atoms with Crippen LogP contribution in [0.4, 0.5) is 5.69 Å². The van der Waals surface area contributed by atoms with E-state index in [4.69, 9.17) is 25.7 Å². The lowest BCUT2D eigenvalue weighted by atomic mass is 10.0. The Kier molecular flexibility index (Phi) is 7.88. The van der Waals surface area contributed by atoms with Gasteiger partial charge in [-0.05, 0) is 36.2 Å². The Morgan fingerprint density at radius 2 is 1.64 bits per heavy atom. The van der Waals surface area contributed by atoms with Crippen LogP contribution in [0.3, 0.4) is 0 Å². The zero-order valence-corrected chi connectivity index (χ0v) is 18.5. The van der Waals surface area contributed by atoms with Crippen LogP contribution in [0.25, 0.3) is 0 Å². The molecule has 3 aromatic carbocycles. The highest BCUT2D eigenvalue weighted by Crippen LogP contribution is 2.37. The highest BCUT2D eigenvalue weighted by atomic mass is 16.5. The van der Waals surface area contributed by atoms with Crippen molar-refractivity contribution in [1.29, 1.82) is 0 Å². The topological polar surface area (TPSA) is 126 Å². The second kappa shape index (κ2) is 11.0. The molecule has 0 unspecified atom stereocenters. The van der Waals surface area contributed by atoms with Crippen molar-refractivity contribution in [3.05, 3.63) is 77.9 Å². The second-order valence-electron chi connectivity index (χ2n) is 7.39. The van der Waals surface area contributed by atoms with Crippen molar-refractivity contribution in [3.8, 4) is 23.0 Å². The first-order valence-corrected chi connectivity index (χ1v) is 10.3. The van der Waals surface area contributed by atoms with Crippen molar-refractivity contribution in [1.82, 2.24) is 5.32 Å². The summed E-state index contributed by atoms with van der Waals surface area (Å²) in [5, 5.41) is 3.16. The summed E-state index contributed by atoms with van der Waals surface area (Å²) in [6, 6.07) is 19.0. The van der Waals surface area contributed by atoms with Gasteiger partial charge in [-0.1, -0.05) is 30.3 Å². The van der Waals surface area contributed by atoms with Crippen LogP contribution in [0, 0.1) is 0 Å². The Bertz CT molecular complexity index is 1100. The largest absolute Gasteiger partial charge is 0.496 e. The Hall–Kier alpha value is -4.04. The Morgan fingerprint density at radius 1 is 0.970 bits per heavy atom. The number of hydrogen-bond donors (Lipinski definition) is 3. The van der Waals surface area contributed by atoms with Gasteiger partial charge in [0.1, 0.15) is 23.0 Å². The lowest BCUT2D eigenvalue weighted by Gasteiger charge is -2.20. The van der Waals surface area contributed by atoms with Crippen LogP contribution in [-0.4, -0.2) is 25.0 Å². The van der Waals surface area contributed by atoms with Crippen LogP contribution in [0.5, 0.6) is 23.0 Å². The van der Waals surface area contributed by atoms with Gasteiger partial charge in [-0.2, -0.15) is 0 Å². The van der Waals surface area contributed by atoms with Crippen molar-refractivity contribution in [2.75, 3.05) is 12.8 Å². The Morgan fingerprint density at radius 3 is 2.24 bits per heavy atom. The highest BCUT2D eigenvalue weighted by Gasteiger charge is 2.21. The van der Waals surface area contributed by atoms with Crippen molar-refractivity contribution >= 4 is 17.6 Å². The van der Waals surface area contributed by atoms with Crippen LogP contribution >= 0.6 is 0 Å². The van der Waals surface area contributed by atoms with E-state index in [1.807, 2.05) is 30.3 Å². The molecular weight excluding hydrogens is 422 g/mol. The lowest BCUT2D eigenvalue weighted by Crippen LogP contribution is -2.42. The number of hydrogen-bond acceptors (Lipinski definition) is 7. The number of amides is 1. The number of carbonyl (C=O) groups is 2. The number of benzene rings is 3. The van der Waals surface area contributed by atoms with Gasteiger partial charge in [0, 0.05) is 31.3 Å². The summed E-state index contributed by atoms with van der Waals surface area (Å²) in [5.74, 6) is 0.619. The summed E-state index contributed by atoms with van der Waals surface area (Å²) >= 11 is 0. The maximum absolute atomic E-state index is 12.1. The maximum Gasteiger partial charge on any atom is 0.308 e. The molecule has 5 N–H and O–H groups in total. The van der Waals surface area contributed by atoms with Crippen LogP contribution in [0.2, 0.25) is 0 Å². The summed E-state index contributed by atoms with van der Waals surface area (Å²) in [5.41, 5.74) is 13.5. The number of nitrogens with two attached hydrogens (primary N) is 2. The van der Waals surface area contributed by atoms with Crippen molar-refractivity contribution < 1.29 is 23.8 Å². The number of anilines is 1. The quantitative estimate of drug-likeness (QED) is 0.246. The molecule has 0 aromatic heterocycles. The predicted octanol–water partition coefficient (Wildman–Crippen LogP) is 3.18. The first-order chi connectivity index (χ1) is 15.9. The van der Waals surface area contributed by atoms with Gasteiger partial charge in [0.05, 0.1) is 18.7 Å². The molecule has 0 heterocycles. The molecule has 8 heteroatoms. The van der Waals surface area contributed by atoms with Gasteiger partial charge in [-0.3, -0.25) is 9.59 Å². The van der Waals surface area contributed by atoms with Crippen molar-refractivity contribution in [2.45, 2.75) is 25.9 Å². The van der Waals surface area contributed by atoms with E-state index in [1.54, 1.807) is 36.4 Å². The highest BCUT2D eigenvalue weighted by molar-refractivity contribution is 5.80. The minimum Gasteiger partial charge on any atom is -0.496 e. The molecule has 0 saturated carbocycles. The summed E-state index contributed by atoms with van der Waals surface area (Å²) in [6.45, 7) is 1.45. The third kappa shape index (κ3) is 6.72. The van der Waals surface area contributed by atoms with Crippen molar-refractivity contribution in [3.63, 3.8) is 0 Å². The molecule has 0 radical (unpaired) electrons. The molecule has 8 nitrogen and oxygen atoms in total. The average Bonchev–Trinajstić information content (AvgIpc) is 2.79. The molecule has 0 bridgehead atoms. The SMILES string of the molecule is COc1cc(OC(C)=O)c(CN[C@@H](Cc2ccccc2)C(N)=O)c(Oc2ccc(N)cc2)c1. The van der Waals surface area contributed by atoms with E-state index in [0.717, 1.165) is 5.56 Å². The molecule has 33 heavy (non-hydrogen) atoms. The number of rotatable bonds is 10. The third-order valence-corrected chi connectivity index (χ3v) is 4.89. The van der Waals surface area contributed by atoms with Crippen LogP contribution < -0.4 is 31.0 Å². The fourth-order valence-electron chi connectivity index (χ4n) is 3.24. The fourth-order valence-corrected chi connectivity index (χ4v) is 3.24. The van der Waals surface area contributed by atoms with E-state index in [0.29, 0.717) is 34.9 Å². The first-order valence-electron chi connectivity index (χ1n) is 10.3. The van der Waals surface area contributed by atoms with Gasteiger partial charge in [0.15, 0.2) is 0 Å². The zero-order chi connectivity index (χ0) is 23.8. The van der Waals surface area contributed by atoms with Gasteiger partial charge in [-0.25, -0.2) is 0 Å². The predicted molar refractivity (Wildman–Crippen MR) is 125 cm³/mol. The summed E-state index contributed by atoms with van der Waals surface area (Å²) in [6.07, 6.45) is 0.406. The minimum atomic E-state index is -0.649. The summed E-state index contributed by atoms with van der Waals surface area (Å²) in [7, 11) is 1.50. The van der Waals surface area contributed by atoms with Gasteiger partial charge in [0.2, 0.25) is 5.91 Å². The standard InChI is InChI=1S/C25H27N3O5/c1-16(29)32-23-13-20(31-2)14-24(33-19-10-8-18(26)9-11-19)21(23)15-28-22(25(27)30)12-17-6-4-3-5-7-17/h3-11,13-14,22,28H,12,15,26H2,1-2H3,(H2,27,30)/t22-/m0/s1. The molecule has 3 rings (SSSR count). The van der Waals surface area contributed by atoms with E-state index >= 15 is 0 Å². The molecular formula is C25H27N3O5. The lowest BCUT2D eigenvalue weighted by molar-refractivity contribution is -0.132. The molecule has 0 spiro atoms. The van der Waals surface area contributed by atoms with E-state index in [-0.39, 0.29) is 12.3 Å². The summed E-state index contributed by atoms with van der Waals surface area (Å²) < 4.78 is 16.8. The third-order valence-electron chi connectivity index (χ3n) is 4.89. The molecule has 172 valence electrons. The van der Waals surface area contributed by atoms with E-state index < -0.39 is 17.9 Å². The first kappa shape index (κ1) is 23.6.